The monoisotopic (exact) mass is 342 g/mol. The van der Waals surface area contributed by atoms with E-state index in [0.29, 0.717) is 0 Å². The molecule has 0 saturated carbocycles. The molecule has 1 N–H and O–H groups in total. The van der Waals surface area contributed by atoms with Gasteiger partial charge in [0, 0.05) is 29.0 Å². The van der Waals surface area contributed by atoms with Gasteiger partial charge < -0.3 is 5.32 Å². The number of aromatic nitrogens is 3. The zero-order chi connectivity index (χ0) is 13.8. The molecule has 0 aliphatic carbocycles. The van der Waals surface area contributed by atoms with Gasteiger partial charge in [0.25, 0.3) is 0 Å². The fourth-order valence-electron chi connectivity index (χ4n) is 2.02. The van der Waals surface area contributed by atoms with Crippen LogP contribution in [0.3, 0.4) is 0 Å². The summed E-state index contributed by atoms with van der Waals surface area (Å²) in [6.45, 7) is 2.97. The molecule has 0 amide bonds. The maximum absolute atomic E-state index is 6.12. The summed E-state index contributed by atoms with van der Waals surface area (Å²) >= 11 is 9.60. The molecule has 0 spiro atoms. The van der Waals surface area contributed by atoms with Crippen molar-refractivity contribution < 1.29 is 0 Å². The number of aryl methyl sites for hydroxylation is 1. The van der Waals surface area contributed by atoms with Gasteiger partial charge >= 0.3 is 0 Å². The molecule has 1 atom stereocenters. The van der Waals surface area contributed by atoms with Crippen LogP contribution in [0.15, 0.2) is 29.0 Å². The van der Waals surface area contributed by atoms with Crippen LogP contribution in [0.2, 0.25) is 5.02 Å². The quantitative estimate of drug-likeness (QED) is 0.907. The van der Waals surface area contributed by atoms with Gasteiger partial charge in [0.05, 0.1) is 0 Å². The van der Waals surface area contributed by atoms with Gasteiger partial charge in [0.15, 0.2) is 0 Å². The Hall–Kier alpha value is -0.910. The van der Waals surface area contributed by atoms with Gasteiger partial charge in [-0.1, -0.05) is 34.5 Å². The molecular formula is C13H16BrClN4. The predicted octanol–water partition coefficient (Wildman–Crippen LogP) is 3.12. The van der Waals surface area contributed by atoms with E-state index in [-0.39, 0.29) is 6.04 Å². The second-order valence-corrected chi connectivity index (χ2v) is 5.67. The number of hydrogen-bond acceptors (Lipinski definition) is 3. The summed E-state index contributed by atoms with van der Waals surface area (Å²) in [5, 5.41) is 8.29. The highest BCUT2D eigenvalue weighted by Crippen LogP contribution is 2.25. The maximum atomic E-state index is 6.12. The van der Waals surface area contributed by atoms with E-state index in [1.165, 1.54) is 0 Å². The number of rotatable bonds is 5. The molecule has 4 nitrogen and oxygen atoms in total. The number of likely N-dealkylation sites (N-methyl/N-ethyl adjacent to an activating group) is 1. The Labute approximate surface area is 126 Å². The van der Waals surface area contributed by atoms with Crippen LogP contribution in [0, 0.1) is 0 Å². The van der Waals surface area contributed by atoms with Crippen LogP contribution in [0.25, 0.3) is 0 Å². The summed E-state index contributed by atoms with van der Waals surface area (Å²) in [7, 11) is 1.90. The summed E-state index contributed by atoms with van der Waals surface area (Å²) in [4.78, 5) is 4.28. The highest BCUT2D eigenvalue weighted by Gasteiger charge is 2.15. The minimum Gasteiger partial charge on any atom is -0.310 e. The van der Waals surface area contributed by atoms with Crippen molar-refractivity contribution in [3.05, 3.63) is 45.4 Å². The first-order valence-electron chi connectivity index (χ1n) is 6.12. The Balaban J connectivity index is 2.26. The van der Waals surface area contributed by atoms with Crippen LogP contribution < -0.4 is 5.32 Å². The number of halogens is 2. The van der Waals surface area contributed by atoms with Gasteiger partial charge in [-0.15, -0.1) is 0 Å². The molecule has 1 aromatic carbocycles. The molecule has 1 unspecified atom stereocenters. The van der Waals surface area contributed by atoms with Crippen molar-refractivity contribution in [2.75, 3.05) is 6.54 Å². The molecule has 102 valence electrons. The Kier molecular flexibility index (Phi) is 4.96. The Morgan fingerprint density at radius 3 is 2.79 bits per heavy atom. The van der Waals surface area contributed by atoms with Gasteiger partial charge in [-0.25, -0.2) is 4.98 Å². The van der Waals surface area contributed by atoms with E-state index < -0.39 is 0 Å². The third-order valence-corrected chi connectivity index (χ3v) is 3.61. The Morgan fingerprint density at radius 2 is 2.21 bits per heavy atom. The lowest BCUT2D eigenvalue weighted by Crippen LogP contribution is -2.24. The van der Waals surface area contributed by atoms with Gasteiger partial charge in [0.1, 0.15) is 12.2 Å². The van der Waals surface area contributed by atoms with E-state index in [0.717, 1.165) is 33.8 Å². The molecule has 0 saturated heterocycles. The van der Waals surface area contributed by atoms with Crippen molar-refractivity contribution in [3.8, 4) is 0 Å². The first kappa shape index (κ1) is 14.5. The lowest BCUT2D eigenvalue weighted by molar-refractivity contribution is 0.522. The van der Waals surface area contributed by atoms with Crippen molar-refractivity contribution >= 4 is 27.5 Å². The zero-order valence-electron chi connectivity index (χ0n) is 10.9. The number of nitrogens with zero attached hydrogens (tertiary/aromatic N) is 3. The van der Waals surface area contributed by atoms with Crippen LogP contribution in [0.1, 0.15) is 24.4 Å². The van der Waals surface area contributed by atoms with Gasteiger partial charge in [0.2, 0.25) is 0 Å². The number of benzene rings is 1. The van der Waals surface area contributed by atoms with Gasteiger partial charge in [-0.3, -0.25) is 4.68 Å². The van der Waals surface area contributed by atoms with Crippen molar-refractivity contribution in [2.24, 2.45) is 7.05 Å². The van der Waals surface area contributed by atoms with Gasteiger partial charge in [-0.05, 0) is 30.3 Å². The van der Waals surface area contributed by atoms with Crippen LogP contribution in [0.5, 0.6) is 0 Å². The molecular weight excluding hydrogens is 328 g/mol. The van der Waals surface area contributed by atoms with E-state index in [9.17, 15) is 0 Å². The second-order valence-electron chi connectivity index (χ2n) is 4.32. The Bertz CT molecular complexity index is 535. The summed E-state index contributed by atoms with van der Waals surface area (Å²) in [5.41, 5.74) is 1.14. The summed E-state index contributed by atoms with van der Waals surface area (Å²) in [6, 6.07) is 6.12. The second kappa shape index (κ2) is 6.50. The van der Waals surface area contributed by atoms with Crippen LogP contribution in [-0.2, 0) is 13.5 Å². The van der Waals surface area contributed by atoms with E-state index >= 15 is 0 Å². The van der Waals surface area contributed by atoms with Gasteiger partial charge in [-0.2, -0.15) is 5.10 Å². The topological polar surface area (TPSA) is 42.7 Å². The molecule has 1 heterocycles. The van der Waals surface area contributed by atoms with Crippen LogP contribution in [-0.4, -0.2) is 21.3 Å². The minimum atomic E-state index is 0.169. The average Bonchev–Trinajstić information content (AvgIpc) is 2.73. The normalized spacial score (nSPS) is 12.6. The minimum absolute atomic E-state index is 0.169. The highest BCUT2D eigenvalue weighted by atomic mass is 79.9. The molecule has 2 rings (SSSR count). The van der Waals surface area contributed by atoms with E-state index in [4.69, 9.17) is 11.6 Å². The first-order valence-corrected chi connectivity index (χ1v) is 7.29. The lowest BCUT2D eigenvalue weighted by atomic mass is 10.0. The van der Waals surface area contributed by atoms with Crippen LogP contribution in [0.4, 0.5) is 0 Å². The largest absolute Gasteiger partial charge is 0.310 e. The fourth-order valence-corrected chi connectivity index (χ4v) is 2.90. The molecule has 1 aromatic heterocycles. The van der Waals surface area contributed by atoms with Crippen molar-refractivity contribution in [1.29, 1.82) is 0 Å². The smallest absolute Gasteiger partial charge is 0.138 e. The van der Waals surface area contributed by atoms with Crippen molar-refractivity contribution in [1.82, 2.24) is 20.1 Å². The predicted molar refractivity (Wildman–Crippen MR) is 80.3 cm³/mol. The molecule has 0 fully saturated rings. The number of hydrogen-bond donors (Lipinski definition) is 1. The summed E-state index contributed by atoms with van der Waals surface area (Å²) < 4.78 is 2.78. The molecule has 2 aromatic rings. The van der Waals surface area contributed by atoms with E-state index in [1.54, 1.807) is 11.0 Å². The highest BCUT2D eigenvalue weighted by molar-refractivity contribution is 9.10. The third kappa shape index (κ3) is 3.78. The standard InChI is InChI=1S/C13H16BrClN4/c1-3-16-12(7-13-17-8-18-19(13)2)9-4-10(14)6-11(15)5-9/h4-6,8,12,16H,3,7H2,1-2H3. The zero-order valence-corrected chi connectivity index (χ0v) is 13.2. The summed E-state index contributed by atoms with van der Waals surface area (Å²) in [5.74, 6) is 0.946. The summed E-state index contributed by atoms with van der Waals surface area (Å²) in [6.07, 6.45) is 2.35. The fraction of sp³-hybridized carbons (Fsp3) is 0.385. The lowest BCUT2D eigenvalue weighted by Gasteiger charge is -2.18. The van der Waals surface area contributed by atoms with Crippen LogP contribution >= 0.6 is 27.5 Å². The SMILES string of the molecule is CCNC(Cc1ncnn1C)c1cc(Cl)cc(Br)c1. The molecule has 6 heteroatoms. The average molecular weight is 344 g/mol. The molecule has 0 radical (unpaired) electrons. The van der Waals surface area contributed by atoms with E-state index in [2.05, 4.69) is 44.3 Å². The first-order chi connectivity index (χ1) is 9.10. The molecule has 0 aliphatic heterocycles. The third-order valence-electron chi connectivity index (χ3n) is 2.93. The van der Waals surface area contributed by atoms with E-state index in [1.807, 2.05) is 19.2 Å². The molecule has 0 bridgehead atoms. The molecule has 0 aliphatic rings. The number of nitrogens with one attached hydrogen (secondary N) is 1. The maximum Gasteiger partial charge on any atom is 0.138 e. The Morgan fingerprint density at radius 1 is 1.42 bits per heavy atom. The van der Waals surface area contributed by atoms with Crippen molar-refractivity contribution in [3.63, 3.8) is 0 Å². The molecule has 19 heavy (non-hydrogen) atoms. The van der Waals surface area contributed by atoms with Crippen molar-refractivity contribution in [2.45, 2.75) is 19.4 Å².